The van der Waals surface area contributed by atoms with Gasteiger partial charge in [-0.25, -0.2) is 8.78 Å². The van der Waals surface area contributed by atoms with Crippen molar-refractivity contribution in [2.75, 3.05) is 10.2 Å². The largest absolute Gasteiger partial charge is 0.319 e. The number of benzene rings is 3. The van der Waals surface area contributed by atoms with Gasteiger partial charge >= 0.3 is 0 Å². The number of amides is 2. The highest BCUT2D eigenvalue weighted by molar-refractivity contribution is 6.09. The van der Waals surface area contributed by atoms with Gasteiger partial charge in [0.1, 0.15) is 11.6 Å². The van der Waals surface area contributed by atoms with Gasteiger partial charge in [0.2, 0.25) is 0 Å². The number of halogens is 2. The Labute approximate surface area is 166 Å². The number of nitrogens with zero attached hydrogens (tertiary/aromatic N) is 1. The van der Waals surface area contributed by atoms with E-state index >= 15 is 0 Å². The average Bonchev–Trinajstić information content (AvgIpc) is 3.05. The van der Waals surface area contributed by atoms with Crippen molar-refractivity contribution in [3.8, 4) is 0 Å². The normalized spacial score (nSPS) is 15.1. The topological polar surface area (TPSA) is 49.4 Å². The summed E-state index contributed by atoms with van der Waals surface area (Å²) in [6.07, 6.45) is 0.797. The Morgan fingerprint density at radius 3 is 2.38 bits per heavy atom. The van der Waals surface area contributed by atoms with Crippen molar-refractivity contribution >= 4 is 23.2 Å². The minimum absolute atomic E-state index is 0.0457. The zero-order chi connectivity index (χ0) is 20.5. The molecule has 6 heteroatoms. The molecule has 0 aromatic heterocycles. The summed E-state index contributed by atoms with van der Waals surface area (Å²) in [5.74, 6) is -2.26. The number of hydrogen-bond acceptors (Lipinski definition) is 2. The highest BCUT2D eigenvalue weighted by Gasteiger charge is 2.31. The second-order valence-electron chi connectivity index (χ2n) is 7.01. The fourth-order valence-electron chi connectivity index (χ4n) is 3.56. The van der Waals surface area contributed by atoms with Crippen LogP contribution in [-0.4, -0.2) is 17.9 Å². The van der Waals surface area contributed by atoms with E-state index in [2.05, 4.69) is 5.32 Å². The van der Waals surface area contributed by atoms with E-state index in [0.29, 0.717) is 11.6 Å². The van der Waals surface area contributed by atoms with Crippen LogP contribution in [-0.2, 0) is 6.42 Å². The van der Waals surface area contributed by atoms with Gasteiger partial charge in [-0.1, -0.05) is 18.2 Å². The zero-order valence-corrected chi connectivity index (χ0v) is 15.7. The van der Waals surface area contributed by atoms with Gasteiger partial charge in [-0.15, -0.1) is 0 Å². The smallest absolute Gasteiger partial charge is 0.258 e. The van der Waals surface area contributed by atoms with Gasteiger partial charge in [0.15, 0.2) is 0 Å². The van der Waals surface area contributed by atoms with E-state index in [1.807, 2.05) is 31.2 Å². The summed E-state index contributed by atoms with van der Waals surface area (Å²) in [5, 5.41) is 2.40. The molecule has 1 aliphatic rings. The fraction of sp³-hybridized carbons (Fsp3) is 0.130. The number of anilines is 2. The van der Waals surface area contributed by atoms with Gasteiger partial charge < -0.3 is 10.2 Å². The molecule has 1 N–H and O–H groups in total. The second-order valence-corrected chi connectivity index (χ2v) is 7.01. The van der Waals surface area contributed by atoms with E-state index in [1.165, 1.54) is 12.1 Å². The fourth-order valence-corrected chi connectivity index (χ4v) is 3.56. The van der Waals surface area contributed by atoms with Gasteiger partial charge in [-0.3, -0.25) is 9.59 Å². The molecule has 146 valence electrons. The Bertz CT molecular complexity index is 1100. The van der Waals surface area contributed by atoms with Crippen LogP contribution in [0.15, 0.2) is 66.7 Å². The van der Waals surface area contributed by atoms with Crippen molar-refractivity contribution in [1.29, 1.82) is 0 Å². The molecule has 3 aromatic carbocycles. The van der Waals surface area contributed by atoms with Gasteiger partial charge in [0, 0.05) is 28.9 Å². The lowest BCUT2D eigenvalue weighted by Gasteiger charge is -2.23. The molecule has 0 saturated heterocycles. The highest BCUT2D eigenvalue weighted by Crippen LogP contribution is 2.33. The second kappa shape index (κ2) is 7.47. The Morgan fingerprint density at radius 1 is 0.966 bits per heavy atom. The van der Waals surface area contributed by atoms with E-state index in [-0.39, 0.29) is 23.2 Å². The molecule has 1 heterocycles. The van der Waals surface area contributed by atoms with Gasteiger partial charge in [0.25, 0.3) is 11.8 Å². The summed E-state index contributed by atoms with van der Waals surface area (Å²) in [5.41, 5.74) is 2.64. The molecule has 1 unspecified atom stereocenters. The summed E-state index contributed by atoms with van der Waals surface area (Å²) in [6.45, 7) is 2.00. The van der Waals surface area contributed by atoms with Crippen LogP contribution in [0, 0.1) is 11.6 Å². The maximum atomic E-state index is 13.7. The predicted octanol–water partition coefficient (Wildman–Crippen LogP) is 4.81. The molecule has 0 bridgehead atoms. The SMILES string of the molecule is CC1Cc2ccccc2N1C(=O)c1ccc(C(=O)Nc2ccc(F)cc2F)cc1. The van der Waals surface area contributed by atoms with Crippen molar-refractivity contribution in [3.63, 3.8) is 0 Å². The number of carbonyl (C=O) groups is 2. The number of nitrogens with one attached hydrogen (secondary N) is 1. The summed E-state index contributed by atoms with van der Waals surface area (Å²) >= 11 is 0. The van der Waals surface area contributed by atoms with Crippen LogP contribution >= 0.6 is 0 Å². The standard InChI is InChI=1S/C23H18F2N2O2/c1-14-12-17-4-2-3-5-21(17)27(14)23(29)16-8-6-15(7-9-16)22(28)26-20-11-10-18(24)13-19(20)25/h2-11,13-14H,12H2,1H3,(H,26,28). The zero-order valence-electron chi connectivity index (χ0n) is 15.7. The number of para-hydroxylation sites is 1. The molecule has 0 aliphatic carbocycles. The number of carbonyl (C=O) groups excluding carboxylic acids is 2. The minimum atomic E-state index is -0.855. The molecule has 4 nitrogen and oxygen atoms in total. The summed E-state index contributed by atoms with van der Waals surface area (Å²) in [4.78, 5) is 27.1. The maximum absolute atomic E-state index is 13.7. The van der Waals surface area contributed by atoms with Crippen LogP contribution in [0.25, 0.3) is 0 Å². The van der Waals surface area contributed by atoms with Crippen molar-refractivity contribution in [1.82, 2.24) is 0 Å². The Hall–Kier alpha value is -3.54. The third-order valence-corrected chi connectivity index (χ3v) is 5.00. The van der Waals surface area contributed by atoms with E-state index in [0.717, 1.165) is 29.8 Å². The first-order valence-corrected chi connectivity index (χ1v) is 9.22. The Morgan fingerprint density at radius 2 is 1.66 bits per heavy atom. The maximum Gasteiger partial charge on any atom is 0.258 e. The van der Waals surface area contributed by atoms with Crippen LogP contribution in [0.2, 0.25) is 0 Å². The molecule has 2 amide bonds. The summed E-state index contributed by atoms with van der Waals surface area (Å²) < 4.78 is 26.7. The van der Waals surface area contributed by atoms with Gasteiger partial charge in [-0.05, 0) is 61.4 Å². The van der Waals surface area contributed by atoms with Gasteiger partial charge in [-0.2, -0.15) is 0 Å². The molecule has 29 heavy (non-hydrogen) atoms. The quantitative estimate of drug-likeness (QED) is 0.696. The van der Waals surface area contributed by atoms with Crippen LogP contribution in [0.1, 0.15) is 33.2 Å². The predicted molar refractivity (Wildman–Crippen MR) is 107 cm³/mol. The van der Waals surface area contributed by atoms with Gasteiger partial charge in [0.05, 0.1) is 5.69 Å². The molecule has 1 aliphatic heterocycles. The Kier molecular flexibility index (Phi) is 4.84. The molecular weight excluding hydrogens is 374 g/mol. The lowest BCUT2D eigenvalue weighted by molar-refractivity contribution is 0.0978. The third kappa shape index (κ3) is 3.61. The van der Waals surface area contributed by atoms with Crippen molar-refractivity contribution < 1.29 is 18.4 Å². The molecular formula is C23H18F2N2O2. The Balaban J connectivity index is 1.52. The summed E-state index contributed by atoms with van der Waals surface area (Å²) in [7, 11) is 0. The minimum Gasteiger partial charge on any atom is -0.319 e. The van der Waals surface area contributed by atoms with Crippen molar-refractivity contribution in [3.05, 3.63) is 95.1 Å². The third-order valence-electron chi connectivity index (χ3n) is 5.00. The average molecular weight is 392 g/mol. The van der Waals surface area contributed by atoms with Crippen LogP contribution in [0.5, 0.6) is 0 Å². The molecule has 1 atom stereocenters. The lowest BCUT2D eigenvalue weighted by atomic mass is 10.1. The molecule has 0 fully saturated rings. The van der Waals surface area contributed by atoms with Crippen LogP contribution < -0.4 is 10.2 Å². The molecule has 0 saturated carbocycles. The lowest BCUT2D eigenvalue weighted by Crippen LogP contribution is -2.35. The molecule has 0 radical (unpaired) electrons. The monoisotopic (exact) mass is 392 g/mol. The van der Waals surface area contributed by atoms with Crippen molar-refractivity contribution in [2.45, 2.75) is 19.4 Å². The first-order chi connectivity index (χ1) is 13.9. The summed E-state index contributed by atoms with van der Waals surface area (Å²) in [6, 6.07) is 16.9. The van der Waals surface area contributed by atoms with Crippen LogP contribution in [0.4, 0.5) is 20.2 Å². The molecule has 3 aromatic rings. The number of fused-ring (bicyclic) bond motifs is 1. The van der Waals surface area contributed by atoms with Crippen molar-refractivity contribution in [2.24, 2.45) is 0 Å². The van der Waals surface area contributed by atoms with Crippen LogP contribution in [0.3, 0.4) is 0 Å². The number of rotatable bonds is 3. The van der Waals surface area contributed by atoms with E-state index in [9.17, 15) is 18.4 Å². The molecule has 4 rings (SSSR count). The highest BCUT2D eigenvalue weighted by atomic mass is 19.1. The number of hydrogen-bond donors (Lipinski definition) is 1. The first-order valence-electron chi connectivity index (χ1n) is 9.22. The van der Waals surface area contributed by atoms with E-state index < -0.39 is 17.5 Å². The van der Waals surface area contributed by atoms with E-state index in [4.69, 9.17) is 0 Å². The first kappa shape index (κ1) is 18.8. The van der Waals surface area contributed by atoms with E-state index in [1.54, 1.807) is 17.0 Å². The molecule has 0 spiro atoms.